The number of aryl methyl sites for hydroxylation is 1. The van der Waals surface area contributed by atoms with Crippen molar-refractivity contribution in [2.24, 2.45) is 0 Å². The molecule has 1 aliphatic heterocycles. The van der Waals surface area contributed by atoms with Gasteiger partial charge in [-0.1, -0.05) is 18.2 Å². The Morgan fingerprint density at radius 2 is 1.91 bits per heavy atom. The molecule has 9 heteroatoms. The lowest BCUT2D eigenvalue weighted by Gasteiger charge is -2.32. The van der Waals surface area contributed by atoms with Gasteiger partial charge in [-0.15, -0.1) is 0 Å². The fourth-order valence-corrected chi connectivity index (χ4v) is 4.55. The van der Waals surface area contributed by atoms with E-state index in [0.717, 1.165) is 11.0 Å². The Morgan fingerprint density at radius 3 is 2.71 bits per heavy atom. The number of H-pyrrole nitrogens is 1. The molecule has 34 heavy (non-hydrogen) atoms. The van der Waals surface area contributed by atoms with Crippen LogP contribution in [0.4, 0.5) is 5.69 Å². The molecule has 174 valence electrons. The third kappa shape index (κ3) is 4.50. The SMILES string of the molecule is O=C(CCn1ccnc1)Nc1cccc(C(=O)N2CCC(n3c(=O)[nH]c4ccccc43)CC2)c1. The normalized spacial score (nSPS) is 14.4. The molecule has 0 radical (unpaired) electrons. The van der Waals surface area contributed by atoms with E-state index in [1.54, 1.807) is 36.8 Å². The van der Waals surface area contributed by atoms with Crippen LogP contribution < -0.4 is 11.0 Å². The number of hydrogen-bond acceptors (Lipinski definition) is 4. The summed E-state index contributed by atoms with van der Waals surface area (Å²) in [5.41, 5.74) is 2.75. The number of anilines is 1. The lowest BCUT2D eigenvalue weighted by atomic mass is 10.0. The second-order valence-corrected chi connectivity index (χ2v) is 8.52. The monoisotopic (exact) mass is 458 g/mol. The van der Waals surface area contributed by atoms with Crippen molar-refractivity contribution in [3.05, 3.63) is 83.3 Å². The first-order valence-electron chi connectivity index (χ1n) is 11.4. The maximum absolute atomic E-state index is 13.1. The summed E-state index contributed by atoms with van der Waals surface area (Å²) >= 11 is 0. The molecule has 4 aromatic rings. The minimum atomic E-state index is -0.122. The molecule has 1 saturated heterocycles. The van der Waals surface area contributed by atoms with Crippen molar-refractivity contribution in [1.29, 1.82) is 0 Å². The highest BCUT2D eigenvalue weighted by Crippen LogP contribution is 2.26. The van der Waals surface area contributed by atoms with E-state index in [9.17, 15) is 14.4 Å². The zero-order valence-corrected chi connectivity index (χ0v) is 18.7. The number of piperidine rings is 1. The topological polar surface area (TPSA) is 105 Å². The summed E-state index contributed by atoms with van der Waals surface area (Å²) in [6.45, 7) is 1.67. The van der Waals surface area contributed by atoms with Gasteiger partial charge in [-0.05, 0) is 43.2 Å². The van der Waals surface area contributed by atoms with Crippen LogP contribution in [0.5, 0.6) is 0 Å². The second kappa shape index (κ2) is 9.38. The van der Waals surface area contributed by atoms with E-state index in [-0.39, 0.29) is 23.5 Å². The van der Waals surface area contributed by atoms with Crippen LogP contribution in [0.3, 0.4) is 0 Å². The van der Waals surface area contributed by atoms with Gasteiger partial charge in [0.2, 0.25) is 5.91 Å². The summed E-state index contributed by atoms with van der Waals surface area (Å²) in [6.07, 6.45) is 6.88. The summed E-state index contributed by atoms with van der Waals surface area (Å²) < 4.78 is 3.66. The summed E-state index contributed by atoms with van der Waals surface area (Å²) in [7, 11) is 0. The van der Waals surface area contributed by atoms with Crippen LogP contribution >= 0.6 is 0 Å². The molecular formula is C25H26N6O3. The lowest BCUT2D eigenvalue weighted by molar-refractivity contribution is -0.116. The highest BCUT2D eigenvalue weighted by molar-refractivity contribution is 5.97. The van der Waals surface area contributed by atoms with Crippen LogP contribution in [-0.4, -0.2) is 48.9 Å². The maximum Gasteiger partial charge on any atom is 0.326 e. The first-order valence-corrected chi connectivity index (χ1v) is 11.4. The minimum absolute atomic E-state index is 0.0498. The van der Waals surface area contributed by atoms with Gasteiger partial charge >= 0.3 is 5.69 Å². The molecule has 1 aliphatic rings. The van der Waals surface area contributed by atoms with Crippen LogP contribution in [0.2, 0.25) is 0 Å². The third-order valence-corrected chi connectivity index (χ3v) is 6.29. The van der Waals surface area contributed by atoms with E-state index < -0.39 is 0 Å². The molecular weight excluding hydrogens is 432 g/mol. The van der Waals surface area contributed by atoms with Crippen molar-refractivity contribution in [1.82, 2.24) is 24.0 Å². The van der Waals surface area contributed by atoms with E-state index >= 15 is 0 Å². The Balaban J connectivity index is 1.20. The number of benzene rings is 2. The Labute approximate surface area is 196 Å². The van der Waals surface area contributed by atoms with Crippen molar-refractivity contribution in [2.45, 2.75) is 31.8 Å². The smallest absolute Gasteiger partial charge is 0.326 e. The Kier molecular flexibility index (Phi) is 5.99. The van der Waals surface area contributed by atoms with E-state index in [2.05, 4.69) is 15.3 Å². The number of aromatic amines is 1. The van der Waals surface area contributed by atoms with Gasteiger partial charge in [-0.2, -0.15) is 0 Å². The fraction of sp³-hybridized carbons (Fsp3) is 0.280. The molecule has 5 rings (SSSR count). The van der Waals surface area contributed by atoms with Crippen LogP contribution in [0.1, 0.15) is 35.7 Å². The van der Waals surface area contributed by atoms with Crippen LogP contribution in [-0.2, 0) is 11.3 Å². The van der Waals surface area contributed by atoms with E-state index in [0.29, 0.717) is 50.1 Å². The van der Waals surface area contributed by atoms with Crippen molar-refractivity contribution >= 4 is 28.5 Å². The molecule has 2 amide bonds. The summed E-state index contributed by atoms with van der Waals surface area (Å²) in [6, 6.07) is 14.8. The summed E-state index contributed by atoms with van der Waals surface area (Å²) in [4.78, 5) is 46.6. The number of imidazole rings is 2. The lowest BCUT2D eigenvalue weighted by Crippen LogP contribution is -2.40. The molecule has 1 fully saturated rings. The quantitative estimate of drug-likeness (QED) is 0.463. The average molecular weight is 459 g/mol. The molecule has 0 aliphatic carbocycles. The van der Waals surface area contributed by atoms with Crippen LogP contribution in [0, 0.1) is 0 Å². The molecule has 0 spiro atoms. The van der Waals surface area contributed by atoms with Crippen molar-refractivity contribution in [2.75, 3.05) is 18.4 Å². The zero-order chi connectivity index (χ0) is 23.5. The van der Waals surface area contributed by atoms with Gasteiger partial charge in [0.05, 0.1) is 17.4 Å². The van der Waals surface area contributed by atoms with Crippen molar-refractivity contribution in [3.8, 4) is 0 Å². The van der Waals surface area contributed by atoms with E-state index in [4.69, 9.17) is 0 Å². The zero-order valence-electron chi connectivity index (χ0n) is 18.7. The van der Waals surface area contributed by atoms with Crippen LogP contribution in [0.15, 0.2) is 72.0 Å². The molecule has 0 bridgehead atoms. The number of aromatic nitrogens is 4. The molecule has 2 aromatic heterocycles. The van der Waals surface area contributed by atoms with Gasteiger partial charge in [0.1, 0.15) is 0 Å². The highest BCUT2D eigenvalue weighted by atomic mass is 16.2. The minimum Gasteiger partial charge on any atom is -0.338 e. The molecule has 9 nitrogen and oxygen atoms in total. The number of carbonyl (C=O) groups excluding carboxylic acids is 2. The van der Waals surface area contributed by atoms with Gasteiger partial charge in [0.25, 0.3) is 5.91 Å². The predicted molar refractivity (Wildman–Crippen MR) is 129 cm³/mol. The number of nitrogens with one attached hydrogen (secondary N) is 2. The third-order valence-electron chi connectivity index (χ3n) is 6.29. The van der Waals surface area contributed by atoms with Gasteiger partial charge in [0.15, 0.2) is 0 Å². The van der Waals surface area contributed by atoms with Gasteiger partial charge in [-0.25, -0.2) is 9.78 Å². The second-order valence-electron chi connectivity index (χ2n) is 8.52. The molecule has 2 N–H and O–H groups in total. The number of rotatable bonds is 6. The van der Waals surface area contributed by atoms with E-state index in [1.165, 1.54) is 0 Å². The Morgan fingerprint density at radius 1 is 1.09 bits per heavy atom. The predicted octanol–water partition coefficient (Wildman–Crippen LogP) is 3.03. The standard InChI is InChI=1S/C25H26N6O3/c32-23(10-12-29-15-11-26-17-29)27-19-5-3-4-18(16-19)24(33)30-13-8-20(9-14-30)31-22-7-2-1-6-21(22)28-25(31)34/h1-7,11,15-17,20H,8-10,12-14H2,(H,27,32)(H,28,34). The number of likely N-dealkylation sites (tertiary alicyclic amines) is 1. The number of fused-ring (bicyclic) bond motifs is 1. The first kappa shape index (κ1) is 21.7. The van der Waals surface area contributed by atoms with Crippen molar-refractivity contribution < 1.29 is 9.59 Å². The number of carbonyl (C=O) groups is 2. The van der Waals surface area contributed by atoms with Crippen LogP contribution in [0.25, 0.3) is 11.0 Å². The molecule has 0 saturated carbocycles. The largest absolute Gasteiger partial charge is 0.338 e. The number of hydrogen-bond donors (Lipinski definition) is 2. The summed E-state index contributed by atoms with van der Waals surface area (Å²) in [5, 5.41) is 2.87. The summed E-state index contributed by atoms with van der Waals surface area (Å²) in [5.74, 6) is -0.192. The fourth-order valence-electron chi connectivity index (χ4n) is 4.55. The number of para-hydroxylation sites is 2. The Bertz CT molecular complexity index is 1360. The van der Waals surface area contributed by atoms with Gasteiger partial charge < -0.3 is 19.8 Å². The van der Waals surface area contributed by atoms with Crippen molar-refractivity contribution in [3.63, 3.8) is 0 Å². The van der Waals surface area contributed by atoms with E-state index in [1.807, 2.05) is 44.5 Å². The van der Waals surface area contributed by atoms with Gasteiger partial charge in [-0.3, -0.25) is 14.2 Å². The molecule has 0 atom stereocenters. The molecule has 3 heterocycles. The average Bonchev–Trinajstić information content (AvgIpc) is 3.49. The number of amides is 2. The molecule has 0 unspecified atom stereocenters. The maximum atomic E-state index is 13.1. The Hall–Kier alpha value is -4.14. The highest BCUT2D eigenvalue weighted by Gasteiger charge is 2.26. The molecule has 2 aromatic carbocycles. The van der Waals surface area contributed by atoms with Gasteiger partial charge in [0, 0.05) is 55.7 Å². The first-order chi connectivity index (χ1) is 16.6. The number of nitrogens with zero attached hydrogens (tertiary/aromatic N) is 4.